The van der Waals surface area contributed by atoms with Crippen LogP contribution in [0.5, 0.6) is 0 Å². The Labute approximate surface area is 107 Å². The normalized spacial score (nSPS) is 18.8. The van der Waals surface area contributed by atoms with E-state index >= 15 is 0 Å². The zero-order valence-electron chi connectivity index (χ0n) is 11.0. The molecule has 0 bridgehead atoms. The summed E-state index contributed by atoms with van der Waals surface area (Å²) in [6, 6.07) is -0.812. The lowest BCUT2D eigenvalue weighted by Crippen LogP contribution is -2.60. The quantitative estimate of drug-likeness (QED) is 0.576. The third kappa shape index (κ3) is 4.62. The van der Waals surface area contributed by atoms with Crippen molar-refractivity contribution in [3.05, 3.63) is 0 Å². The van der Waals surface area contributed by atoms with Gasteiger partial charge in [0, 0.05) is 13.1 Å². The van der Waals surface area contributed by atoms with Crippen molar-refractivity contribution in [3.63, 3.8) is 0 Å². The number of rotatable bonds is 8. The lowest BCUT2D eigenvalue weighted by atomic mass is 10.0. The van der Waals surface area contributed by atoms with Crippen LogP contribution >= 0.6 is 0 Å². The SMILES string of the molecule is CCCCC(NC(=O)COC1(C)CNC1)C(=O)O. The van der Waals surface area contributed by atoms with Gasteiger partial charge in [0.25, 0.3) is 0 Å². The highest BCUT2D eigenvalue weighted by Crippen LogP contribution is 2.14. The molecule has 0 aromatic heterocycles. The van der Waals surface area contributed by atoms with Gasteiger partial charge in [-0.25, -0.2) is 4.79 Å². The zero-order valence-corrected chi connectivity index (χ0v) is 11.0. The predicted molar refractivity (Wildman–Crippen MR) is 66.3 cm³/mol. The molecular formula is C12H22N2O4. The molecule has 0 radical (unpaired) electrons. The molecule has 6 nitrogen and oxygen atoms in total. The highest BCUT2D eigenvalue weighted by atomic mass is 16.5. The summed E-state index contributed by atoms with van der Waals surface area (Å²) in [5, 5.41) is 14.5. The number of nitrogens with one attached hydrogen (secondary N) is 2. The summed E-state index contributed by atoms with van der Waals surface area (Å²) in [7, 11) is 0. The molecule has 1 fully saturated rings. The molecule has 1 rings (SSSR count). The number of aliphatic carboxylic acids is 1. The van der Waals surface area contributed by atoms with Crippen LogP contribution in [0.25, 0.3) is 0 Å². The molecule has 3 N–H and O–H groups in total. The molecule has 0 aromatic carbocycles. The number of amides is 1. The molecule has 1 aliphatic rings. The molecule has 0 spiro atoms. The van der Waals surface area contributed by atoms with Gasteiger partial charge in [-0.05, 0) is 13.3 Å². The largest absolute Gasteiger partial charge is 0.480 e. The van der Waals surface area contributed by atoms with Crippen molar-refractivity contribution < 1.29 is 19.4 Å². The van der Waals surface area contributed by atoms with E-state index in [1.807, 2.05) is 13.8 Å². The summed E-state index contributed by atoms with van der Waals surface area (Å²) in [6.45, 7) is 5.25. The van der Waals surface area contributed by atoms with Crippen LogP contribution in [0.15, 0.2) is 0 Å². The fourth-order valence-electron chi connectivity index (χ4n) is 1.72. The first-order valence-corrected chi connectivity index (χ1v) is 6.34. The molecule has 1 saturated heterocycles. The Kier molecular flexibility index (Phi) is 5.55. The minimum atomic E-state index is -0.992. The number of hydrogen-bond donors (Lipinski definition) is 3. The molecule has 1 amide bonds. The third-order valence-corrected chi connectivity index (χ3v) is 3.03. The van der Waals surface area contributed by atoms with E-state index in [-0.39, 0.29) is 18.1 Å². The molecule has 0 saturated carbocycles. The van der Waals surface area contributed by atoms with E-state index in [0.29, 0.717) is 6.42 Å². The van der Waals surface area contributed by atoms with E-state index in [1.165, 1.54) is 0 Å². The average Bonchev–Trinajstić information content (AvgIpc) is 2.29. The highest BCUT2D eigenvalue weighted by Gasteiger charge is 2.33. The average molecular weight is 258 g/mol. The fraction of sp³-hybridized carbons (Fsp3) is 0.833. The summed E-state index contributed by atoms with van der Waals surface area (Å²) in [6.07, 6.45) is 2.13. The second-order valence-corrected chi connectivity index (χ2v) is 4.94. The maximum Gasteiger partial charge on any atom is 0.326 e. The molecule has 1 atom stereocenters. The Morgan fingerprint density at radius 2 is 2.17 bits per heavy atom. The molecule has 1 aliphatic heterocycles. The van der Waals surface area contributed by atoms with Gasteiger partial charge >= 0.3 is 5.97 Å². The maximum atomic E-state index is 11.6. The van der Waals surface area contributed by atoms with Crippen LogP contribution in [-0.4, -0.2) is 48.3 Å². The Morgan fingerprint density at radius 1 is 1.50 bits per heavy atom. The monoisotopic (exact) mass is 258 g/mol. The third-order valence-electron chi connectivity index (χ3n) is 3.03. The van der Waals surface area contributed by atoms with E-state index in [0.717, 1.165) is 25.9 Å². The smallest absolute Gasteiger partial charge is 0.326 e. The standard InChI is InChI=1S/C12H22N2O4/c1-3-4-5-9(11(16)17)14-10(15)6-18-12(2)7-13-8-12/h9,13H,3-8H2,1-2H3,(H,14,15)(H,16,17). The number of carbonyl (C=O) groups excluding carboxylic acids is 1. The van der Waals surface area contributed by atoms with Crippen molar-refractivity contribution in [2.75, 3.05) is 19.7 Å². The van der Waals surface area contributed by atoms with Crippen LogP contribution in [0.2, 0.25) is 0 Å². The van der Waals surface area contributed by atoms with Crippen molar-refractivity contribution in [1.82, 2.24) is 10.6 Å². The van der Waals surface area contributed by atoms with E-state index in [4.69, 9.17) is 9.84 Å². The molecule has 18 heavy (non-hydrogen) atoms. The zero-order chi connectivity index (χ0) is 13.6. The van der Waals surface area contributed by atoms with Gasteiger partial charge in [-0.3, -0.25) is 4.79 Å². The van der Waals surface area contributed by atoms with Crippen molar-refractivity contribution in [1.29, 1.82) is 0 Å². The second kappa shape index (κ2) is 6.70. The topological polar surface area (TPSA) is 87.7 Å². The number of hydrogen-bond acceptors (Lipinski definition) is 4. The minimum Gasteiger partial charge on any atom is -0.480 e. The molecule has 1 unspecified atom stereocenters. The van der Waals surface area contributed by atoms with Crippen molar-refractivity contribution >= 4 is 11.9 Å². The number of carboxylic acids is 1. The maximum absolute atomic E-state index is 11.6. The van der Waals surface area contributed by atoms with Crippen molar-refractivity contribution in [2.24, 2.45) is 0 Å². The first kappa shape index (κ1) is 14.9. The number of ether oxygens (including phenoxy) is 1. The molecule has 104 valence electrons. The molecule has 0 aromatic rings. The van der Waals surface area contributed by atoms with Gasteiger partial charge in [-0.1, -0.05) is 19.8 Å². The lowest BCUT2D eigenvalue weighted by molar-refractivity contribution is -0.145. The van der Waals surface area contributed by atoms with Gasteiger partial charge in [-0.15, -0.1) is 0 Å². The molecule has 6 heteroatoms. The van der Waals surface area contributed by atoms with Gasteiger partial charge in [0.1, 0.15) is 12.6 Å². The van der Waals surface area contributed by atoms with Crippen LogP contribution in [0.1, 0.15) is 33.1 Å². The van der Waals surface area contributed by atoms with Crippen LogP contribution < -0.4 is 10.6 Å². The fourth-order valence-corrected chi connectivity index (χ4v) is 1.72. The van der Waals surface area contributed by atoms with Crippen LogP contribution in [-0.2, 0) is 14.3 Å². The van der Waals surface area contributed by atoms with E-state index in [1.54, 1.807) is 0 Å². The Bertz CT molecular complexity index is 302. The Morgan fingerprint density at radius 3 is 2.61 bits per heavy atom. The summed E-state index contributed by atoms with van der Waals surface area (Å²) < 4.78 is 5.44. The number of carbonyl (C=O) groups is 2. The summed E-state index contributed by atoms with van der Waals surface area (Å²) in [4.78, 5) is 22.5. The molecule has 0 aliphatic carbocycles. The number of unbranched alkanes of at least 4 members (excludes halogenated alkanes) is 1. The second-order valence-electron chi connectivity index (χ2n) is 4.94. The summed E-state index contributed by atoms with van der Waals surface area (Å²) >= 11 is 0. The predicted octanol–water partition coefficient (Wildman–Crippen LogP) is 0.125. The molecular weight excluding hydrogens is 236 g/mol. The van der Waals surface area contributed by atoms with Crippen molar-refractivity contribution in [2.45, 2.75) is 44.8 Å². The van der Waals surface area contributed by atoms with Crippen molar-refractivity contribution in [3.8, 4) is 0 Å². The first-order valence-electron chi connectivity index (χ1n) is 6.34. The van der Waals surface area contributed by atoms with Gasteiger partial charge in [0.2, 0.25) is 5.91 Å². The van der Waals surface area contributed by atoms with Crippen LogP contribution in [0.4, 0.5) is 0 Å². The Hall–Kier alpha value is -1.14. The van der Waals surface area contributed by atoms with Crippen LogP contribution in [0.3, 0.4) is 0 Å². The van der Waals surface area contributed by atoms with Gasteiger partial charge in [0.05, 0.1) is 5.60 Å². The van der Waals surface area contributed by atoms with Gasteiger partial charge < -0.3 is 20.5 Å². The van der Waals surface area contributed by atoms with E-state index in [2.05, 4.69) is 10.6 Å². The lowest BCUT2D eigenvalue weighted by Gasteiger charge is -2.38. The summed E-state index contributed by atoms with van der Waals surface area (Å²) in [5.41, 5.74) is -0.292. The van der Waals surface area contributed by atoms with Gasteiger partial charge in [0.15, 0.2) is 0 Å². The van der Waals surface area contributed by atoms with Gasteiger partial charge in [-0.2, -0.15) is 0 Å². The minimum absolute atomic E-state index is 0.0892. The first-order chi connectivity index (χ1) is 8.47. The van der Waals surface area contributed by atoms with E-state index < -0.39 is 12.0 Å². The Balaban J connectivity index is 2.29. The molecule has 1 heterocycles. The van der Waals surface area contributed by atoms with E-state index in [9.17, 15) is 9.59 Å². The highest BCUT2D eigenvalue weighted by molar-refractivity contribution is 5.84. The summed E-state index contributed by atoms with van der Waals surface area (Å²) in [5.74, 6) is -1.36. The number of carboxylic acid groups (broad SMARTS) is 1. The van der Waals surface area contributed by atoms with Crippen LogP contribution in [0, 0.1) is 0 Å².